The molecule has 0 atom stereocenters. The van der Waals surface area contributed by atoms with Gasteiger partial charge in [-0.15, -0.1) is 11.3 Å². The van der Waals surface area contributed by atoms with Crippen LogP contribution < -0.4 is 4.74 Å². The van der Waals surface area contributed by atoms with Crippen molar-refractivity contribution in [1.29, 1.82) is 0 Å². The highest BCUT2D eigenvalue weighted by molar-refractivity contribution is 7.09. The molecule has 2 heterocycles. The Morgan fingerprint density at radius 1 is 1.12 bits per heavy atom. The van der Waals surface area contributed by atoms with Crippen molar-refractivity contribution < 1.29 is 18.3 Å². The minimum Gasteiger partial charge on any atom is -0.435 e. The molecule has 0 N–H and O–H groups in total. The lowest BCUT2D eigenvalue weighted by molar-refractivity contribution is -0.133. The van der Waals surface area contributed by atoms with Gasteiger partial charge in [0.05, 0.1) is 0 Å². The lowest BCUT2D eigenvalue weighted by Gasteiger charge is -2.34. The third-order valence-corrected chi connectivity index (χ3v) is 5.32. The number of thiophene rings is 1. The van der Waals surface area contributed by atoms with Gasteiger partial charge >= 0.3 is 6.61 Å². The van der Waals surface area contributed by atoms with E-state index in [1.807, 2.05) is 4.90 Å². The van der Waals surface area contributed by atoms with Crippen LogP contribution in [0.5, 0.6) is 5.75 Å². The normalized spacial score (nSPS) is 15.4. The predicted octanol–water partition coefficient (Wildman–Crippen LogP) is 3.63. The lowest BCUT2D eigenvalue weighted by atomic mass is 10.1. The van der Waals surface area contributed by atoms with Gasteiger partial charge in [-0.1, -0.05) is 18.2 Å². The number of piperazine rings is 1. The standard InChI is InChI=1S/C19H22F2N2O2S/c20-19(21)25-16-6-3-15(4-7-16)5-8-18(24)23-11-9-22(10-12-23)14-17-2-1-13-26-17/h1-4,6-7,13,19H,5,8-12,14H2. The summed E-state index contributed by atoms with van der Waals surface area (Å²) in [7, 11) is 0. The van der Waals surface area contributed by atoms with Crippen LogP contribution >= 0.6 is 11.3 Å². The average Bonchev–Trinajstić information content (AvgIpc) is 3.14. The van der Waals surface area contributed by atoms with E-state index in [4.69, 9.17) is 0 Å². The molecule has 0 spiro atoms. The zero-order valence-corrected chi connectivity index (χ0v) is 15.3. The molecule has 0 unspecified atom stereocenters. The van der Waals surface area contributed by atoms with E-state index in [0.29, 0.717) is 12.8 Å². The highest BCUT2D eigenvalue weighted by Gasteiger charge is 2.21. The fourth-order valence-corrected chi connectivity index (χ4v) is 3.77. The summed E-state index contributed by atoms with van der Waals surface area (Å²) in [5.41, 5.74) is 0.941. The molecule has 1 saturated heterocycles. The van der Waals surface area contributed by atoms with Gasteiger partial charge in [0.2, 0.25) is 5.91 Å². The van der Waals surface area contributed by atoms with Crippen molar-refractivity contribution in [3.63, 3.8) is 0 Å². The zero-order chi connectivity index (χ0) is 18.4. The van der Waals surface area contributed by atoms with Crippen molar-refractivity contribution >= 4 is 17.2 Å². The number of halogens is 2. The quantitative estimate of drug-likeness (QED) is 0.735. The van der Waals surface area contributed by atoms with E-state index in [1.54, 1.807) is 23.5 Å². The smallest absolute Gasteiger partial charge is 0.387 e. The molecule has 1 amide bonds. The molecule has 1 aliphatic heterocycles. The van der Waals surface area contributed by atoms with Crippen LogP contribution in [0.25, 0.3) is 0 Å². The summed E-state index contributed by atoms with van der Waals surface area (Å²) in [6.07, 6.45) is 1.03. The molecule has 3 rings (SSSR count). The van der Waals surface area contributed by atoms with Crippen LogP contribution in [0.3, 0.4) is 0 Å². The van der Waals surface area contributed by atoms with Crippen LogP contribution in [-0.2, 0) is 17.8 Å². The van der Waals surface area contributed by atoms with Crippen molar-refractivity contribution in [2.24, 2.45) is 0 Å². The van der Waals surface area contributed by atoms with Crippen LogP contribution in [0.1, 0.15) is 16.9 Å². The Hall–Kier alpha value is -1.99. The van der Waals surface area contributed by atoms with E-state index in [1.165, 1.54) is 17.0 Å². The number of amides is 1. The summed E-state index contributed by atoms with van der Waals surface area (Å²) in [6.45, 7) is 1.43. The molecule has 0 saturated carbocycles. The number of nitrogens with zero attached hydrogens (tertiary/aromatic N) is 2. The molecule has 0 aliphatic carbocycles. The topological polar surface area (TPSA) is 32.8 Å². The van der Waals surface area contributed by atoms with Crippen molar-refractivity contribution in [2.45, 2.75) is 26.0 Å². The lowest BCUT2D eigenvalue weighted by Crippen LogP contribution is -2.48. The number of ether oxygens (including phenoxy) is 1. The van der Waals surface area contributed by atoms with Crippen LogP contribution in [0.15, 0.2) is 41.8 Å². The van der Waals surface area contributed by atoms with E-state index >= 15 is 0 Å². The first-order chi connectivity index (χ1) is 12.6. The summed E-state index contributed by atoms with van der Waals surface area (Å²) in [4.78, 5) is 18.0. The predicted molar refractivity (Wildman–Crippen MR) is 97.6 cm³/mol. The van der Waals surface area contributed by atoms with Gasteiger partial charge in [0.1, 0.15) is 5.75 Å². The van der Waals surface area contributed by atoms with Crippen molar-refractivity contribution in [3.8, 4) is 5.75 Å². The number of benzene rings is 1. The summed E-state index contributed by atoms with van der Waals surface area (Å²) in [5, 5.41) is 2.08. The third kappa shape index (κ3) is 5.51. The fourth-order valence-electron chi connectivity index (χ4n) is 3.03. The van der Waals surface area contributed by atoms with Crippen LogP contribution in [0.4, 0.5) is 8.78 Å². The second-order valence-corrected chi connectivity index (χ2v) is 7.29. The van der Waals surface area contributed by atoms with Crippen LogP contribution in [-0.4, -0.2) is 48.5 Å². The van der Waals surface area contributed by atoms with Gasteiger partial charge in [0.25, 0.3) is 0 Å². The first kappa shape index (κ1) is 18.8. The first-order valence-corrected chi connectivity index (χ1v) is 9.54. The Morgan fingerprint density at radius 3 is 2.46 bits per heavy atom. The Bertz CT molecular complexity index is 684. The molecule has 2 aromatic rings. The van der Waals surface area contributed by atoms with Crippen molar-refractivity contribution in [3.05, 3.63) is 52.2 Å². The monoisotopic (exact) mass is 380 g/mol. The van der Waals surface area contributed by atoms with E-state index in [-0.39, 0.29) is 11.7 Å². The van der Waals surface area contributed by atoms with E-state index < -0.39 is 6.61 Å². The van der Waals surface area contributed by atoms with Crippen molar-refractivity contribution in [1.82, 2.24) is 9.80 Å². The summed E-state index contributed by atoms with van der Waals surface area (Å²) in [5.74, 6) is 0.283. The summed E-state index contributed by atoms with van der Waals surface area (Å²) < 4.78 is 28.6. The van der Waals surface area contributed by atoms with Gasteiger partial charge < -0.3 is 9.64 Å². The van der Waals surface area contributed by atoms with Gasteiger partial charge in [-0.2, -0.15) is 8.78 Å². The molecule has 26 heavy (non-hydrogen) atoms. The number of hydrogen-bond acceptors (Lipinski definition) is 4. The molecule has 4 nitrogen and oxygen atoms in total. The van der Waals surface area contributed by atoms with Crippen molar-refractivity contribution in [2.75, 3.05) is 26.2 Å². The second kappa shape index (κ2) is 9.09. The maximum atomic E-state index is 12.4. The number of rotatable bonds is 7. The minimum atomic E-state index is -2.82. The largest absolute Gasteiger partial charge is 0.435 e. The fraction of sp³-hybridized carbons (Fsp3) is 0.421. The van der Waals surface area contributed by atoms with Gasteiger partial charge in [0, 0.05) is 44.0 Å². The summed E-state index contributed by atoms with van der Waals surface area (Å²) in [6, 6.07) is 10.7. The van der Waals surface area contributed by atoms with E-state index in [0.717, 1.165) is 38.3 Å². The van der Waals surface area contributed by atoms with Gasteiger partial charge in [-0.3, -0.25) is 9.69 Å². The molecule has 0 radical (unpaired) electrons. The van der Waals surface area contributed by atoms with Crippen LogP contribution in [0.2, 0.25) is 0 Å². The molecule has 0 bridgehead atoms. The Labute approximate surface area is 156 Å². The Balaban J connectivity index is 1.40. The Kier molecular flexibility index (Phi) is 6.57. The van der Waals surface area contributed by atoms with Gasteiger partial charge in [-0.25, -0.2) is 0 Å². The van der Waals surface area contributed by atoms with Crippen LogP contribution in [0, 0.1) is 0 Å². The maximum absolute atomic E-state index is 12.4. The molecule has 7 heteroatoms. The van der Waals surface area contributed by atoms with Gasteiger partial charge in [0.15, 0.2) is 0 Å². The second-order valence-electron chi connectivity index (χ2n) is 6.26. The molecule has 1 aliphatic rings. The number of carbonyl (C=O) groups is 1. The summed E-state index contributed by atoms with van der Waals surface area (Å²) >= 11 is 1.76. The minimum absolute atomic E-state index is 0.136. The molecule has 140 valence electrons. The van der Waals surface area contributed by atoms with E-state index in [2.05, 4.69) is 27.1 Å². The highest BCUT2D eigenvalue weighted by Crippen LogP contribution is 2.17. The molecular formula is C19H22F2N2O2S. The zero-order valence-electron chi connectivity index (χ0n) is 14.4. The first-order valence-electron chi connectivity index (χ1n) is 8.66. The number of alkyl halides is 2. The number of carbonyl (C=O) groups excluding carboxylic acids is 1. The van der Waals surface area contributed by atoms with E-state index in [9.17, 15) is 13.6 Å². The van der Waals surface area contributed by atoms with Gasteiger partial charge in [-0.05, 0) is 35.6 Å². The number of aryl methyl sites for hydroxylation is 1. The Morgan fingerprint density at radius 2 is 1.85 bits per heavy atom. The average molecular weight is 380 g/mol. The highest BCUT2D eigenvalue weighted by atomic mass is 32.1. The third-order valence-electron chi connectivity index (χ3n) is 4.46. The molecule has 1 fully saturated rings. The molecule has 1 aromatic heterocycles. The maximum Gasteiger partial charge on any atom is 0.387 e. The molecular weight excluding hydrogens is 358 g/mol. The number of hydrogen-bond donors (Lipinski definition) is 0. The SMILES string of the molecule is O=C(CCc1ccc(OC(F)F)cc1)N1CCN(Cc2cccs2)CC1. The molecule has 1 aromatic carbocycles.